The summed E-state index contributed by atoms with van der Waals surface area (Å²) in [7, 11) is 0. The van der Waals surface area contributed by atoms with Crippen molar-refractivity contribution < 1.29 is 9.53 Å². The molecular formula is C11H21NO2. The minimum absolute atomic E-state index is 0.0160. The van der Waals surface area contributed by atoms with Gasteiger partial charge in [-0.2, -0.15) is 0 Å². The van der Waals surface area contributed by atoms with Crippen molar-refractivity contribution in [2.45, 2.75) is 39.7 Å². The Morgan fingerprint density at radius 3 is 2.50 bits per heavy atom. The number of rotatable bonds is 4. The van der Waals surface area contributed by atoms with Crippen molar-refractivity contribution >= 4 is 5.97 Å². The Labute approximate surface area is 86.2 Å². The van der Waals surface area contributed by atoms with E-state index in [2.05, 4.69) is 5.32 Å². The van der Waals surface area contributed by atoms with Gasteiger partial charge in [0.05, 0.1) is 5.92 Å². The van der Waals surface area contributed by atoms with Crippen molar-refractivity contribution in [3.05, 3.63) is 0 Å². The van der Waals surface area contributed by atoms with E-state index in [0.717, 1.165) is 19.5 Å². The standard InChI is InChI=1S/C11H21NO2/c1-5-8(2)10(13)14-11(3,4)9-6-12-7-9/h8-9,12H,5-7H2,1-4H3. The second-order valence-electron chi connectivity index (χ2n) is 4.69. The van der Waals surface area contributed by atoms with Crippen molar-refractivity contribution in [3.8, 4) is 0 Å². The van der Waals surface area contributed by atoms with Gasteiger partial charge in [0.1, 0.15) is 5.60 Å². The van der Waals surface area contributed by atoms with Gasteiger partial charge < -0.3 is 10.1 Å². The molecule has 0 aromatic rings. The number of nitrogens with one attached hydrogen (secondary N) is 1. The largest absolute Gasteiger partial charge is 0.459 e. The normalized spacial score (nSPS) is 20.0. The van der Waals surface area contributed by atoms with Gasteiger partial charge in [-0.05, 0) is 20.3 Å². The summed E-state index contributed by atoms with van der Waals surface area (Å²) in [5.41, 5.74) is -0.314. The fraction of sp³-hybridized carbons (Fsp3) is 0.909. The summed E-state index contributed by atoms with van der Waals surface area (Å²) >= 11 is 0. The number of hydrogen-bond donors (Lipinski definition) is 1. The topological polar surface area (TPSA) is 38.3 Å². The summed E-state index contributed by atoms with van der Waals surface area (Å²) in [5.74, 6) is 0.419. The van der Waals surface area contributed by atoms with Crippen LogP contribution in [0.2, 0.25) is 0 Å². The maximum absolute atomic E-state index is 11.6. The number of carbonyl (C=O) groups excluding carboxylic acids is 1. The van der Waals surface area contributed by atoms with Crippen LogP contribution in [0.3, 0.4) is 0 Å². The fourth-order valence-corrected chi connectivity index (χ4v) is 1.39. The molecule has 1 unspecified atom stereocenters. The van der Waals surface area contributed by atoms with E-state index in [4.69, 9.17) is 4.74 Å². The van der Waals surface area contributed by atoms with E-state index in [1.807, 2.05) is 27.7 Å². The third kappa shape index (κ3) is 2.47. The average Bonchev–Trinajstić information content (AvgIpc) is 1.97. The molecule has 1 rings (SSSR count). The van der Waals surface area contributed by atoms with Crippen LogP contribution in [0.1, 0.15) is 34.1 Å². The Hall–Kier alpha value is -0.570. The minimum Gasteiger partial charge on any atom is -0.459 e. The average molecular weight is 199 g/mol. The van der Waals surface area contributed by atoms with E-state index in [1.54, 1.807) is 0 Å². The third-order valence-corrected chi connectivity index (χ3v) is 3.14. The van der Waals surface area contributed by atoms with Crippen LogP contribution in [-0.4, -0.2) is 24.7 Å². The highest BCUT2D eigenvalue weighted by Gasteiger charge is 2.37. The Morgan fingerprint density at radius 2 is 2.14 bits per heavy atom. The molecule has 1 aliphatic heterocycles. The zero-order valence-electron chi connectivity index (χ0n) is 9.59. The Bertz CT molecular complexity index is 209. The van der Waals surface area contributed by atoms with Crippen molar-refractivity contribution in [1.82, 2.24) is 5.32 Å². The lowest BCUT2D eigenvalue weighted by molar-refractivity contribution is -0.168. The minimum atomic E-state index is -0.314. The van der Waals surface area contributed by atoms with Crippen LogP contribution >= 0.6 is 0 Å². The number of esters is 1. The molecule has 0 aromatic heterocycles. The van der Waals surface area contributed by atoms with Gasteiger partial charge in [0.15, 0.2) is 0 Å². The quantitative estimate of drug-likeness (QED) is 0.698. The molecule has 1 saturated heterocycles. The van der Waals surface area contributed by atoms with E-state index in [9.17, 15) is 4.79 Å². The van der Waals surface area contributed by atoms with Crippen LogP contribution in [0, 0.1) is 11.8 Å². The first kappa shape index (κ1) is 11.5. The monoisotopic (exact) mass is 199 g/mol. The molecule has 0 bridgehead atoms. The van der Waals surface area contributed by atoms with E-state index in [0.29, 0.717) is 5.92 Å². The van der Waals surface area contributed by atoms with E-state index in [1.165, 1.54) is 0 Å². The third-order valence-electron chi connectivity index (χ3n) is 3.14. The molecule has 0 aliphatic carbocycles. The molecule has 0 aromatic carbocycles. The molecule has 0 saturated carbocycles. The summed E-state index contributed by atoms with van der Waals surface area (Å²) in [6.07, 6.45) is 0.845. The summed E-state index contributed by atoms with van der Waals surface area (Å²) < 4.78 is 5.52. The molecule has 0 radical (unpaired) electrons. The summed E-state index contributed by atoms with van der Waals surface area (Å²) in [4.78, 5) is 11.6. The first-order chi connectivity index (χ1) is 6.47. The molecule has 14 heavy (non-hydrogen) atoms. The molecule has 1 atom stereocenters. The molecule has 82 valence electrons. The van der Waals surface area contributed by atoms with Gasteiger partial charge in [-0.3, -0.25) is 4.79 Å². The molecule has 1 heterocycles. The lowest BCUT2D eigenvalue weighted by Crippen LogP contribution is -2.55. The van der Waals surface area contributed by atoms with Crippen LogP contribution in [0.5, 0.6) is 0 Å². The maximum atomic E-state index is 11.6. The maximum Gasteiger partial charge on any atom is 0.309 e. The van der Waals surface area contributed by atoms with E-state index in [-0.39, 0.29) is 17.5 Å². The van der Waals surface area contributed by atoms with Gasteiger partial charge in [-0.15, -0.1) is 0 Å². The lowest BCUT2D eigenvalue weighted by Gasteiger charge is -2.40. The fourth-order valence-electron chi connectivity index (χ4n) is 1.39. The van der Waals surface area contributed by atoms with Gasteiger partial charge in [0.25, 0.3) is 0 Å². The van der Waals surface area contributed by atoms with Crippen LogP contribution in [0.25, 0.3) is 0 Å². The number of hydrogen-bond acceptors (Lipinski definition) is 3. The molecule has 1 N–H and O–H groups in total. The predicted octanol–water partition coefficient (Wildman–Crippen LogP) is 1.57. The molecule has 3 nitrogen and oxygen atoms in total. The highest BCUT2D eigenvalue weighted by atomic mass is 16.6. The second kappa shape index (κ2) is 4.30. The molecular weight excluding hydrogens is 178 g/mol. The first-order valence-electron chi connectivity index (χ1n) is 5.41. The SMILES string of the molecule is CCC(C)C(=O)OC(C)(C)C1CNC1. The van der Waals surface area contributed by atoms with Crippen molar-refractivity contribution in [2.24, 2.45) is 11.8 Å². The lowest BCUT2D eigenvalue weighted by atomic mass is 9.86. The van der Waals surface area contributed by atoms with Gasteiger partial charge in [0.2, 0.25) is 0 Å². The van der Waals surface area contributed by atoms with Crippen LogP contribution < -0.4 is 5.32 Å². The Kier molecular flexibility index (Phi) is 3.53. The van der Waals surface area contributed by atoms with E-state index < -0.39 is 0 Å². The molecule has 1 fully saturated rings. The number of carbonyl (C=O) groups is 1. The predicted molar refractivity (Wildman–Crippen MR) is 56.0 cm³/mol. The molecule has 0 amide bonds. The first-order valence-corrected chi connectivity index (χ1v) is 5.41. The second-order valence-corrected chi connectivity index (χ2v) is 4.69. The highest BCUT2D eigenvalue weighted by molar-refractivity contribution is 5.72. The van der Waals surface area contributed by atoms with Crippen LogP contribution in [-0.2, 0) is 9.53 Å². The Balaban J connectivity index is 2.44. The Morgan fingerprint density at radius 1 is 1.57 bits per heavy atom. The van der Waals surface area contributed by atoms with Crippen molar-refractivity contribution in [3.63, 3.8) is 0 Å². The molecule has 1 aliphatic rings. The highest BCUT2D eigenvalue weighted by Crippen LogP contribution is 2.26. The van der Waals surface area contributed by atoms with Gasteiger partial charge >= 0.3 is 5.97 Å². The summed E-state index contributed by atoms with van der Waals surface area (Å²) in [6, 6.07) is 0. The van der Waals surface area contributed by atoms with E-state index >= 15 is 0 Å². The summed E-state index contributed by atoms with van der Waals surface area (Å²) in [5, 5.41) is 3.19. The van der Waals surface area contributed by atoms with Crippen molar-refractivity contribution in [2.75, 3.05) is 13.1 Å². The van der Waals surface area contributed by atoms with Crippen molar-refractivity contribution in [1.29, 1.82) is 0 Å². The molecule has 0 spiro atoms. The van der Waals surface area contributed by atoms with Gasteiger partial charge in [0, 0.05) is 19.0 Å². The van der Waals surface area contributed by atoms with Crippen LogP contribution in [0.4, 0.5) is 0 Å². The van der Waals surface area contributed by atoms with Gasteiger partial charge in [-0.1, -0.05) is 13.8 Å². The zero-order chi connectivity index (χ0) is 10.8. The zero-order valence-corrected chi connectivity index (χ0v) is 9.59. The summed E-state index contributed by atoms with van der Waals surface area (Å²) in [6.45, 7) is 9.83. The molecule has 3 heteroatoms. The smallest absolute Gasteiger partial charge is 0.309 e. The van der Waals surface area contributed by atoms with Gasteiger partial charge in [-0.25, -0.2) is 0 Å². The van der Waals surface area contributed by atoms with Crippen LogP contribution in [0.15, 0.2) is 0 Å². The number of ether oxygens (including phenoxy) is 1.